The fourth-order valence-corrected chi connectivity index (χ4v) is 4.02. The predicted octanol–water partition coefficient (Wildman–Crippen LogP) is 4.27. The van der Waals surface area contributed by atoms with Gasteiger partial charge in [-0.2, -0.15) is 19.0 Å². The van der Waals surface area contributed by atoms with Crippen molar-refractivity contribution in [3.63, 3.8) is 0 Å². The highest BCUT2D eigenvalue weighted by atomic mass is 35.5. The van der Waals surface area contributed by atoms with Crippen LogP contribution < -0.4 is 15.4 Å². The van der Waals surface area contributed by atoms with E-state index >= 15 is 0 Å². The van der Waals surface area contributed by atoms with Gasteiger partial charge in [0.15, 0.2) is 0 Å². The number of rotatable bonds is 11. The number of aromatic nitrogens is 5. The van der Waals surface area contributed by atoms with Crippen molar-refractivity contribution in [3.05, 3.63) is 71.3 Å². The molecule has 0 bridgehead atoms. The number of carbonyl (C=O) groups is 2. The maximum Gasteiger partial charge on any atom is 0.387 e. The van der Waals surface area contributed by atoms with Gasteiger partial charge in [0.1, 0.15) is 29.4 Å². The number of likely N-dealkylation sites (N-methyl/N-ethyl adjacent to an activating group) is 1. The summed E-state index contributed by atoms with van der Waals surface area (Å²) in [5.74, 6) is -0.636. The van der Waals surface area contributed by atoms with E-state index in [4.69, 9.17) is 11.6 Å². The largest absolute Gasteiger partial charge is 0.434 e. The van der Waals surface area contributed by atoms with Crippen molar-refractivity contribution in [2.24, 2.45) is 0 Å². The number of amides is 2. The van der Waals surface area contributed by atoms with Gasteiger partial charge in [0.25, 0.3) is 5.91 Å². The van der Waals surface area contributed by atoms with E-state index in [0.717, 1.165) is 5.56 Å². The standard InChI is InChI=1S/C25H25ClF2N8O3/c1-3-35(12-15-5-4-8-30-10-15)21(37)14-36-13-19(32-24(38)18-11-31-33-23(18)29-2)22(34-36)17-9-16(26)6-7-20(17)39-25(27)28/h4-11,13,25H,3,12,14H2,1-2H3,(H,32,38)(H2,29,31,33). The molecule has 2 amide bonds. The molecule has 3 N–H and O–H groups in total. The number of alkyl halides is 2. The summed E-state index contributed by atoms with van der Waals surface area (Å²) < 4.78 is 32.3. The van der Waals surface area contributed by atoms with Gasteiger partial charge in [-0.1, -0.05) is 17.7 Å². The number of benzene rings is 1. The van der Waals surface area contributed by atoms with Gasteiger partial charge in [-0.3, -0.25) is 24.4 Å². The lowest BCUT2D eigenvalue weighted by Gasteiger charge is -2.20. The first-order valence-corrected chi connectivity index (χ1v) is 12.2. The Balaban J connectivity index is 1.69. The summed E-state index contributed by atoms with van der Waals surface area (Å²) in [6.45, 7) is -0.676. The van der Waals surface area contributed by atoms with Crippen LogP contribution in [-0.4, -0.2) is 61.9 Å². The van der Waals surface area contributed by atoms with Crippen LogP contribution in [0, 0.1) is 0 Å². The third-order valence-corrected chi connectivity index (χ3v) is 5.92. The highest BCUT2D eigenvalue weighted by Crippen LogP contribution is 2.37. The van der Waals surface area contributed by atoms with E-state index in [2.05, 4.69) is 35.7 Å². The number of anilines is 2. The summed E-state index contributed by atoms with van der Waals surface area (Å²) in [6, 6.07) is 7.71. The van der Waals surface area contributed by atoms with E-state index in [-0.39, 0.29) is 45.7 Å². The number of ether oxygens (including phenoxy) is 1. The van der Waals surface area contributed by atoms with Gasteiger partial charge in [-0.05, 0) is 36.8 Å². The minimum absolute atomic E-state index is 0.0825. The van der Waals surface area contributed by atoms with Gasteiger partial charge in [0, 0.05) is 49.3 Å². The van der Waals surface area contributed by atoms with Crippen LogP contribution in [0.2, 0.25) is 5.02 Å². The Bertz CT molecular complexity index is 1440. The van der Waals surface area contributed by atoms with Crippen molar-refractivity contribution in [1.82, 2.24) is 29.9 Å². The molecule has 0 radical (unpaired) electrons. The molecule has 3 heterocycles. The van der Waals surface area contributed by atoms with Crippen LogP contribution in [0.5, 0.6) is 5.75 Å². The van der Waals surface area contributed by atoms with Gasteiger partial charge in [-0.15, -0.1) is 0 Å². The summed E-state index contributed by atoms with van der Waals surface area (Å²) in [5, 5.41) is 16.7. The average Bonchev–Trinajstić information content (AvgIpc) is 3.55. The Morgan fingerprint density at radius 1 is 1.26 bits per heavy atom. The average molecular weight is 559 g/mol. The molecule has 0 saturated carbocycles. The topological polar surface area (TPSA) is 130 Å². The van der Waals surface area contributed by atoms with E-state index in [1.807, 2.05) is 13.0 Å². The molecule has 204 valence electrons. The molecule has 0 unspecified atom stereocenters. The van der Waals surface area contributed by atoms with Crippen molar-refractivity contribution in [1.29, 1.82) is 0 Å². The minimum atomic E-state index is -3.11. The van der Waals surface area contributed by atoms with E-state index < -0.39 is 12.5 Å². The molecule has 3 aromatic heterocycles. The Hall–Kier alpha value is -4.52. The quantitative estimate of drug-likeness (QED) is 0.251. The van der Waals surface area contributed by atoms with Crippen LogP contribution in [0.3, 0.4) is 0 Å². The fraction of sp³-hybridized carbons (Fsp3) is 0.240. The molecule has 0 aliphatic carbocycles. The lowest BCUT2D eigenvalue weighted by Crippen LogP contribution is -2.33. The van der Waals surface area contributed by atoms with E-state index in [0.29, 0.717) is 18.9 Å². The second-order valence-electron chi connectivity index (χ2n) is 8.24. The zero-order valence-electron chi connectivity index (χ0n) is 21.0. The molecule has 4 rings (SSSR count). The molecule has 11 nitrogen and oxygen atoms in total. The van der Waals surface area contributed by atoms with E-state index in [1.165, 1.54) is 35.3 Å². The number of nitrogens with one attached hydrogen (secondary N) is 3. The van der Waals surface area contributed by atoms with Crippen LogP contribution in [-0.2, 0) is 17.9 Å². The molecule has 0 spiro atoms. The van der Waals surface area contributed by atoms with E-state index in [1.54, 1.807) is 30.4 Å². The smallest absolute Gasteiger partial charge is 0.387 e. The second kappa shape index (κ2) is 12.3. The Kier molecular flexibility index (Phi) is 8.71. The summed E-state index contributed by atoms with van der Waals surface area (Å²) in [7, 11) is 1.62. The Morgan fingerprint density at radius 2 is 2.08 bits per heavy atom. The van der Waals surface area contributed by atoms with Crippen LogP contribution in [0.15, 0.2) is 55.1 Å². The fourth-order valence-electron chi connectivity index (χ4n) is 3.84. The summed E-state index contributed by atoms with van der Waals surface area (Å²) in [6.07, 6.45) is 6.09. The van der Waals surface area contributed by atoms with Crippen molar-refractivity contribution < 1.29 is 23.1 Å². The second-order valence-corrected chi connectivity index (χ2v) is 8.68. The number of aromatic amines is 1. The molecule has 0 saturated heterocycles. The molecule has 0 fully saturated rings. The molecule has 14 heteroatoms. The maximum atomic E-state index is 13.2. The predicted molar refractivity (Wildman–Crippen MR) is 141 cm³/mol. The monoisotopic (exact) mass is 558 g/mol. The Morgan fingerprint density at radius 3 is 2.77 bits per heavy atom. The summed E-state index contributed by atoms with van der Waals surface area (Å²) in [5.41, 5.74) is 1.39. The molecule has 0 aliphatic heterocycles. The van der Waals surface area contributed by atoms with Crippen molar-refractivity contribution >= 4 is 34.9 Å². The highest BCUT2D eigenvalue weighted by Gasteiger charge is 2.23. The number of halogens is 3. The van der Waals surface area contributed by atoms with Crippen molar-refractivity contribution in [3.8, 4) is 17.0 Å². The lowest BCUT2D eigenvalue weighted by atomic mass is 10.1. The van der Waals surface area contributed by atoms with E-state index in [9.17, 15) is 18.4 Å². The zero-order valence-corrected chi connectivity index (χ0v) is 21.7. The van der Waals surface area contributed by atoms with Crippen molar-refractivity contribution in [2.45, 2.75) is 26.6 Å². The van der Waals surface area contributed by atoms with Gasteiger partial charge in [0.05, 0.1) is 11.9 Å². The lowest BCUT2D eigenvalue weighted by molar-refractivity contribution is -0.132. The van der Waals surface area contributed by atoms with Crippen LogP contribution in [0.1, 0.15) is 22.8 Å². The number of hydrogen-bond acceptors (Lipinski definition) is 7. The maximum absolute atomic E-state index is 13.2. The number of pyridine rings is 1. The number of H-pyrrole nitrogens is 1. The van der Waals surface area contributed by atoms with Crippen LogP contribution >= 0.6 is 11.6 Å². The number of nitrogens with zero attached hydrogens (tertiary/aromatic N) is 5. The highest BCUT2D eigenvalue weighted by molar-refractivity contribution is 6.31. The SMILES string of the molecule is CCN(Cc1cccnc1)C(=O)Cn1cc(NC(=O)c2cn[nH]c2NC)c(-c2cc(Cl)ccc2OC(F)F)n1. The minimum Gasteiger partial charge on any atom is -0.434 e. The van der Waals surface area contributed by atoms with Gasteiger partial charge < -0.3 is 20.3 Å². The molecular weight excluding hydrogens is 534 g/mol. The first-order valence-electron chi connectivity index (χ1n) is 11.8. The van der Waals surface area contributed by atoms with Crippen LogP contribution in [0.4, 0.5) is 20.3 Å². The normalized spacial score (nSPS) is 10.9. The van der Waals surface area contributed by atoms with Gasteiger partial charge in [-0.25, -0.2) is 0 Å². The molecule has 4 aromatic rings. The molecule has 0 atom stereocenters. The number of hydrogen-bond donors (Lipinski definition) is 3. The molecule has 39 heavy (non-hydrogen) atoms. The summed E-state index contributed by atoms with van der Waals surface area (Å²) in [4.78, 5) is 31.9. The third kappa shape index (κ3) is 6.68. The summed E-state index contributed by atoms with van der Waals surface area (Å²) >= 11 is 6.16. The zero-order chi connectivity index (χ0) is 27.9. The van der Waals surface area contributed by atoms with Gasteiger partial charge in [0.2, 0.25) is 5.91 Å². The Labute approximate surface area is 227 Å². The van der Waals surface area contributed by atoms with Crippen LogP contribution in [0.25, 0.3) is 11.3 Å². The third-order valence-electron chi connectivity index (χ3n) is 5.68. The van der Waals surface area contributed by atoms with Crippen molar-refractivity contribution in [2.75, 3.05) is 24.2 Å². The first kappa shape index (κ1) is 27.5. The van der Waals surface area contributed by atoms with Gasteiger partial charge >= 0.3 is 6.61 Å². The molecule has 0 aliphatic rings. The molecular formula is C25H25ClF2N8O3. The first-order chi connectivity index (χ1) is 18.8. The number of carbonyl (C=O) groups excluding carboxylic acids is 2. The molecule has 1 aromatic carbocycles.